The molecule has 1 aromatic rings. The molecule has 3 aliphatic rings. The Bertz CT molecular complexity index is 1260. The van der Waals surface area contributed by atoms with Crippen LogP contribution in [0.5, 0.6) is 5.75 Å². The number of carbonyl (C=O) groups is 3. The topological polar surface area (TPSA) is 162 Å². The lowest BCUT2D eigenvalue weighted by Gasteiger charge is -2.30. The highest BCUT2D eigenvalue weighted by Crippen LogP contribution is 2.40. The molecule has 2 aliphatic heterocycles. The van der Waals surface area contributed by atoms with Crippen molar-refractivity contribution in [2.45, 2.75) is 58.0 Å². The number of amides is 3. The van der Waals surface area contributed by atoms with Crippen LogP contribution in [0.4, 0.5) is 10.1 Å². The molecule has 208 valence electrons. The van der Waals surface area contributed by atoms with Crippen molar-refractivity contribution in [3.63, 3.8) is 0 Å². The molecule has 1 saturated heterocycles. The standard InChI is InChI=1S/C25H34FN5O6S/c1-14(2)23(27)25(35)28-11-21(34)30-12-16(10-17(30)7-6-15-4-3-5-15)18-8-9-19(32)24(22(18)26)31-13-20(33)29-38(31,36)37/h8-10,14-15,17,23,32H,3-7,11-13,27H2,1-2H3,(H,28,35)(H,29,33)/t17-,23+/m1/s1. The van der Waals surface area contributed by atoms with Crippen molar-refractivity contribution in [3.8, 4) is 5.75 Å². The largest absolute Gasteiger partial charge is 0.506 e. The first-order valence-electron chi connectivity index (χ1n) is 12.8. The normalized spacial score (nSPS) is 21.8. The number of hydrogen-bond donors (Lipinski definition) is 4. The number of nitrogens with two attached hydrogens (primary N) is 1. The molecule has 5 N–H and O–H groups in total. The molecule has 0 aromatic heterocycles. The quantitative estimate of drug-likeness (QED) is 0.356. The Hall–Kier alpha value is -3.19. The minimum Gasteiger partial charge on any atom is -0.506 e. The summed E-state index contributed by atoms with van der Waals surface area (Å²) in [6, 6.07) is 1.38. The average Bonchev–Trinajstić information content (AvgIpc) is 3.35. The van der Waals surface area contributed by atoms with Crippen LogP contribution in [0.2, 0.25) is 0 Å². The number of anilines is 1. The monoisotopic (exact) mass is 551 g/mol. The molecule has 2 heterocycles. The van der Waals surface area contributed by atoms with Crippen molar-refractivity contribution in [3.05, 3.63) is 29.6 Å². The van der Waals surface area contributed by atoms with Crippen molar-refractivity contribution in [1.82, 2.24) is 14.9 Å². The number of halogens is 1. The van der Waals surface area contributed by atoms with Gasteiger partial charge in [-0.3, -0.25) is 14.4 Å². The second-order valence-electron chi connectivity index (χ2n) is 10.5. The fraction of sp³-hybridized carbons (Fsp3) is 0.560. The molecule has 0 bridgehead atoms. The molecule has 0 spiro atoms. The predicted molar refractivity (Wildman–Crippen MR) is 138 cm³/mol. The van der Waals surface area contributed by atoms with E-state index in [-0.39, 0.29) is 36.5 Å². The third-order valence-electron chi connectivity index (χ3n) is 7.50. The fourth-order valence-corrected chi connectivity index (χ4v) is 6.08. The molecule has 4 rings (SSSR count). The van der Waals surface area contributed by atoms with Crippen LogP contribution in [0.25, 0.3) is 5.57 Å². The van der Waals surface area contributed by atoms with Crippen LogP contribution in [0.1, 0.15) is 51.5 Å². The Morgan fingerprint density at radius 1 is 1.24 bits per heavy atom. The van der Waals surface area contributed by atoms with Gasteiger partial charge in [-0.05, 0) is 42.4 Å². The zero-order valence-corrected chi connectivity index (χ0v) is 22.3. The number of aromatic hydroxyl groups is 1. The van der Waals surface area contributed by atoms with Gasteiger partial charge in [0, 0.05) is 12.1 Å². The van der Waals surface area contributed by atoms with Crippen LogP contribution >= 0.6 is 0 Å². The first-order valence-corrected chi connectivity index (χ1v) is 14.2. The lowest BCUT2D eigenvalue weighted by molar-refractivity contribution is -0.133. The molecule has 2 atom stereocenters. The molecule has 0 radical (unpaired) electrons. The predicted octanol–water partition coefficient (Wildman–Crippen LogP) is 0.986. The van der Waals surface area contributed by atoms with Gasteiger partial charge in [-0.1, -0.05) is 39.2 Å². The fourth-order valence-electron chi connectivity index (χ4n) is 4.92. The molecule has 1 aliphatic carbocycles. The molecule has 13 heteroatoms. The number of nitrogens with one attached hydrogen (secondary N) is 2. The number of nitrogens with zero attached hydrogens (tertiary/aromatic N) is 2. The summed E-state index contributed by atoms with van der Waals surface area (Å²) < 4.78 is 42.6. The molecule has 1 aromatic carbocycles. The van der Waals surface area contributed by atoms with Gasteiger partial charge in [-0.25, -0.2) is 13.4 Å². The summed E-state index contributed by atoms with van der Waals surface area (Å²) in [6.45, 7) is 2.72. The zero-order valence-electron chi connectivity index (χ0n) is 21.4. The maximum absolute atomic E-state index is 15.7. The Labute approximate surface area is 221 Å². The smallest absolute Gasteiger partial charge is 0.326 e. The van der Waals surface area contributed by atoms with Gasteiger partial charge in [0.05, 0.1) is 18.6 Å². The highest BCUT2D eigenvalue weighted by molar-refractivity contribution is 7.92. The Kier molecular flexibility index (Phi) is 7.98. The Morgan fingerprint density at radius 2 is 1.95 bits per heavy atom. The van der Waals surface area contributed by atoms with Crippen LogP contribution < -0.4 is 20.1 Å². The summed E-state index contributed by atoms with van der Waals surface area (Å²) in [5.41, 5.74) is 5.69. The van der Waals surface area contributed by atoms with Crippen molar-refractivity contribution >= 4 is 39.2 Å². The van der Waals surface area contributed by atoms with E-state index < -0.39 is 51.9 Å². The van der Waals surface area contributed by atoms with Crippen LogP contribution in [0, 0.1) is 17.7 Å². The van der Waals surface area contributed by atoms with Crippen LogP contribution in [-0.2, 0) is 24.6 Å². The third-order valence-corrected chi connectivity index (χ3v) is 8.87. The number of rotatable bonds is 9. The SMILES string of the molecule is CC(C)[C@H](N)C(=O)NCC(=O)N1CC(c2ccc(O)c(N3CC(=O)NS3(=O)=O)c2F)=C[C@H]1CCC1CCC1. The highest BCUT2D eigenvalue weighted by Gasteiger charge is 2.39. The van der Waals surface area contributed by atoms with Gasteiger partial charge in [0.25, 0.3) is 5.91 Å². The van der Waals surface area contributed by atoms with Crippen molar-refractivity contribution < 1.29 is 32.3 Å². The summed E-state index contributed by atoms with van der Waals surface area (Å²) in [7, 11) is -4.35. The van der Waals surface area contributed by atoms with Crippen LogP contribution in [0.15, 0.2) is 18.2 Å². The Morgan fingerprint density at radius 3 is 2.53 bits per heavy atom. The maximum atomic E-state index is 15.7. The molecule has 2 fully saturated rings. The second kappa shape index (κ2) is 10.9. The summed E-state index contributed by atoms with van der Waals surface area (Å²) in [5.74, 6) is -2.80. The van der Waals surface area contributed by atoms with E-state index in [9.17, 15) is 27.9 Å². The molecular formula is C25H34FN5O6S. The lowest BCUT2D eigenvalue weighted by atomic mass is 9.81. The van der Waals surface area contributed by atoms with E-state index in [1.54, 1.807) is 29.5 Å². The molecule has 11 nitrogen and oxygen atoms in total. The van der Waals surface area contributed by atoms with Crippen molar-refractivity contribution in [1.29, 1.82) is 0 Å². The molecule has 3 amide bonds. The summed E-state index contributed by atoms with van der Waals surface area (Å²) >= 11 is 0. The van der Waals surface area contributed by atoms with E-state index in [1.807, 2.05) is 0 Å². The van der Waals surface area contributed by atoms with Crippen LogP contribution in [0.3, 0.4) is 0 Å². The van der Waals surface area contributed by atoms with E-state index in [4.69, 9.17) is 5.73 Å². The first kappa shape index (κ1) is 27.8. The van der Waals surface area contributed by atoms with Gasteiger partial charge in [-0.2, -0.15) is 8.42 Å². The first-order chi connectivity index (χ1) is 17.9. The highest BCUT2D eigenvalue weighted by atomic mass is 32.2. The van der Waals surface area contributed by atoms with E-state index in [0.29, 0.717) is 22.2 Å². The molecule has 38 heavy (non-hydrogen) atoms. The van der Waals surface area contributed by atoms with E-state index in [2.05, 4.69) is 5.32 Å². The molecule has 1 saturated carbocycles. The number of benzene rings is 1. The maximum Gasteiger partial charge on any atom is 0.326 e. The van der Waals surface area contributed by atoms with Gasteiger partial charge in [0.15, 0.2) is 5.82 Å². The number of hydrogen-bond acceptors (Lipinski definition) is 7. The van der Waals surface area contributed by atoms with E-state index in [1.165, 1.54) is 12.5 Å². The van der Waals surface area contributed by atoms with E-state index >= 15 is 4.39 Å². The van der Waals surface area contributed by atoms with Crippen molar-refractivity contribution in [2.75, 3.05) is 23.9 Å². The van der Waals surface area contributed by atoms with Crippen molar-refractivity contribution in [2.24, 2.45) is 17.6 Å². The van der Waals surface area contributed by atoms with Gasteiger partial charge >= 0.3 is 10.2 Å². The van der Waals surface area contributed by atoms with Gasteiger partial charge < -0.3 is 21.1 Å². The number of phenolic OH excluding ortho intramolecular Hbond substituents is 1. The number of phenols is 1. The summed E-state index contributed by atoms with van der Waals surface area (Å²) in [6.07, 6.45) is 6.77. The average molecular weight is 552 g/mol. The van der Waals surface area contributed by atoms with Crippen LogP contribution in [-0.4, -0.2) is 67.9 Å². The third kappa shape index (κ3) is 5.63. The molecule has 0 unspecified atom stereocenters. The summed E-state index contributed by atoms with van der Waals surface area (Å²) in [5, 5.41) is 12.9. The van der Waals surface area contributed by atoms with Gasteiger partial charge in [-0.15, -0.1) is 0 Å². The zero-order chi connectivity index (χ0) is 27.8. The minimum absolute atomic E-state index is 0.0159. The number of carbonyl (C=O) groups excluding carboxylic acids is 3. The molecular weight excluding hydrogens is 517 g/mol. The van der Waals surface area contributed by atoms with E-state index in [0.717, 1.165) is 25.3 Å². The Balaban J connectivity index is 1.58. The summed E-state index contributed by atoms with van der Waals surface area (Å²) in [4.78, 5) is 38.7. The lowest BCUT2D eigenvalue weighted by Crippen LogP contribution is -2.49. The van der Waals surface area contributed by atoms with Gasteiger partial charge in [0.2, 0.25) is 11.8 Å². The van der Waals surface area contributed by atoms with Gasteiger partial charge in [0.1, 0.15) is 18.0 Å². The minimum atomic E-state index is -4.35. The second-order valence-corrected chi connectivity index (χ2v) is 12.1.